The van der Waals surface area contributed by atoms with E-state index < -0.39 is 5.60 Å². The van der Waals surface area contributed by atoms with E-state index in [9.17, 15) is 4.79 Å². The summed E-state index contributed by atoms with van der Waals surface area (Å²) in [6.07, 6.45) is 0. The maximum atomic E-state index is 12.7. The van der Waals surface area contributed by atoms with Crippen molar-refractivity contribution in [2.24, 2.45) is 0 Å². The molecule has 0 aliphatic rings. The monoisotopic (exact) mass is 383 g/mol. The number of carbonyl (C=O) groups is 1. The van der Waals surface area contributed by atoms with Gasteiger partial charge < -0.3 is 19.5 Å². The summed E-state index contributed by atoms with van der Waals surface area (Å²) in [5.74, 6) is 1.02. The standard InChI is InChI=1S/C18H19Cl2NO4/c1-18(2,25-12-7-5-11(19)6-8-12)17(22)21-14-10-15(23-3)13(20)9-16(14)24-4/h5-10H,1-4H3,(H,21,22). The molecular weight excluding hydrogens is 365 g/mol. The Labute approximate surface area is 156 Å². The topological polar surface area (TPSA) is 56.8 Å². The number of nitrogens with one attached hydrogen (secondary N) is 1. The van der Waals surface area contributed by atoms with Gasteiger partial charge in [0.15, 0.2) is 5.60 Å². The minimum atomic E-state index is -1.13. The smallest absolute Gasteiger partial charge is 0.268 e. The lowest BCUT2D eigenvalue weighted by molar-refractivity contribution is -0.128. The number of hydrogen-bond acceptors (Lipinski definition) is 4. The molecule has 1 amide bonds. The summed E-state index contributed by atoms with van der Waals surface area (Å²) in [6, 6.07) is 9.95. The van der Waals surface area contributed by atoms with E-state index in [4.69, 9.17) is 37.4 Å². The molecule has 5 nitrogen and oxygen atoms in total. The number of anilines is 1. The maximum absolute atomic E-state index is 12.7. The Hall–Kier alpha value is -2.11. The molecule has 0 heterocycles. The molecule has 2 rings (SSSR count). The fourth-order valence-corrected chi connectivity index (χ4v) is 2.43. The summed E-state index contributed by atoms with van der Waals surface area (Å²) in [5, 5.41) is 3.76. The molecule has 0 aromatic heterocycles. The highest BCUT2D eigenvalue weighted by molar-refractivity contribution is 6.32. The molecule has 0 aliphatic carbocycles. The average Bonchev–Trinajstić information content (AvgIpc) is 2.57. The van der Waals surface area contributed by atoms with Crippen molar-refractivity contribution in [2.45, 2.75) is 19.4 Å². The van der Waals surface area contributed by atoms with Gasteiger partial charge in [-0.05, 0) is 38.1 Å². The van der Waals surface area contributed by atoms with Crippen LogP contribution >= 0.6 is 23.2 Å². The second kappa shape index (κ2) is 7.85. The molecule has 0 radical (unpaired) electrons. The molecule has 0 bridgehead atoms. The molecule has 0 spiro atoms. The number of amides is 1. The molecular formula is C18H19Cl2NO4. The zero-order valence-corrected chi connectivity index (χ0v) is 15.9. The fourth-order valence-electron chi connectivity index (χ4n) is 2.07. The summed E-state index contributed by atoms with van der Waals surface area (Å²) >= 11 is 11.9. The number of methoxy groups -OCH3 is 2. The molecule has 2 aromatic rings. The SMILES string of the molecule is COc1cc(NC(=O)C(C)(C)Oc2ccc(Cl)cc2)c(OC)cc1Cl. The van der Waals surface area contributed by atoms with Crippen molar-refractivity contribution in [2.75, 3.05) is 19.5 Å². The van der Waals surface area contributed by atoms with E-state index in [2.05, 4.69) is 5.32 Å². The van der Waals surface area contributed by atoms with Crippen LogP contribution in [0.2, 0.25) is 10.0 Å². The van der Waals surface area contributed by atoms with Gasteiger partial charge in [-0.2, -0.15) is 0 Å². The number of benzene rings is 2. The predicted octanol–water partition coefficient (Wildman–Crippen LogP) is 4.81. The lowest BCUT2D eigenvalue weighted by Crippen LogP contribution is -2.42. The Morgan fingerprint density at radius 1 is 1.00 bits per heavy atom. The van der Waals surface area contributed by atoms with Gasteiger partial charge in [0.25, 0.3) is 5.91 Å². The Bertz CT molecular complexity index is 760. The van der Waals surface area contributed by atoms with Crippen molar-refractivity contribution >= 4 is 34.8 Å². The van der Waals surface area contributed by atoms with Gasteiger partial charge in [-0.25, -0.2) is 0 Å². The van der Waals surface area contributed by atoms with Crippen LogP contribution in [0.15, 0.2) is 36.4 Å². The van der Waals surface area contributed by atoms with E-state index in [1.54, 1.807) is 50.2 Å². The summed E-state index contributed by atoms with van der Waals surface area (Å²) in [6.45, 7) is 3.33. The highest BCUT2D eigenvalue weighted by atomic mass is 35.5. The van der Waals surface area contributed by atoms with Crippen LogP contribution in [0.25, 0.3) is 0 Å². The van der Waals surface area contributed by atoms with Crippen molar-refractivity contribution in [1.82, 2.24) is 0 Å². The van der Waals surface area contributed by atoms with E-state index in [0.717, 1.165) is 0 Å². The molecule has 0 atom stereocenters. The third-order valence-corrected chi connectivity index (χ3v) is 4.00. The minimum Gasteiger partial charge on any atom is -0.495 e. The van der Waals surface area contributed by atoms with E-state index in [1.165, 1.54) is 14.2 Å². The number of rotatable bonds is 6. The highest BCUT2D eigenvalue weighted by Gasteiger charge is 2.31. The van der Waals surface area contributed by atoms with Crippen molar-refractivity contribution in [3.8, 4) is 17.2 Å². The van der Waals surface area contributed by atoms with Crippen LogP contribution in [0.5, 0.6) is 17.2 Å². The molecule has 25 heavy (non-hydrogen) atoms. The lowest BCUT2D eigenvalue weighted by Gasteiger charge is -2.26. The molecule has 0 aliphatic heterocycles. The van der Waals surface area contributed by atoms with Crippen molar-refractivity contribution in [3.05, 3.63) is 46.4 Å². The average molecular weight is 384 g/mol. The highest BCUT2D eigenvalue weighted by Crippen LogP contribution is 2.36. The molecule has 0 saturated heterocycles. The van der Waals surface area contributed by atoms with Crippen molar-refractivity contribution in [3.63, 3.8) is 0 Å². The summed E-state index contributed by atoms with van der Waals surface area (Å²) < 4.78 is 16.2. The van der Waals surface area contributed by atoms with Gasteiger partial charge in [0.05, 0.1) is 24.9 Å². The molecule has 0 saturated carbocycles. The first-order valence-electron chi connectivity index (χ1n) is 7.44. The number of halogens is 2. The van der Waals surface area contributed by atoms with Gasteiger partial charge in [-0.1, -0.05) is 23.2 Å². The van der Waals surface area contributed by atoms with Crippen molar-refractivity contribution < 1.29 is 19.0 Å². The molecule has 134 valence electrons. The second-order valence-electron chi connectivity index (χ2n) is 5.71. The van der Waals surface area contributed by atoms with E-state index in [0.29, 0.717) is 33.0 Å². The quantitative estimate of drug-likeness (QED) is 0.777. The Balaban J connectivity index is 2.21. The minimum absolute atomic E-state index is 0.356. The summed E-state index contributed by atoms with van der Waals surface area (Å²) in [4.78, 5) is 12.7. The second-order valence-corrected chi connectivity index (χ2v) is 6.55. The van der Waals surface area contributed by atoms with Gasteiger partial charge >= 0.3 is 0 Å². The zero-order valence-electron chi connectivity index (χ0n) is 14.4. The van der Waals surface area contributed by atoms with Gasteiger partial charge in [-0.15, -0.1) is 0 Å². The van der Waals surface area contributed by atoms with E-state index >= 15 is 0 Å². The Morgan fingerprint density at radius 2 is 1.60 bits per heavy atom. The third-order valence-electron chi connectivity index (χ3n) is 3.46. The zero-order chi connectivity index (χ0) is 18.6. The number of ether oxygens (including phenoxy) is 3. The third kappa shape index (κ3) is 4.71. The van der Waals surface area contributed by atoms with Crippen LogP contribution < -0.4 is 19.5 Å². The molecule has 2 aromatic carbocycles. The van der Waals surface area contributed by atoms with Crippen LogP contribution in [0, 0.1) is 0 Å². The van der Waals surface area contributed by atoms with Crippen LogP contribution in [-0.4, -0.2) is 25.7 Å². The molecule has 7 heteroatoms. The lowest BCUT2D eigenvalue weighted by atomic mass is 10.1. The fraction of sp³-hybridized carbons (Fsp3) is 0.278. The van der Waals surface area contributed by atoms with Crippen LogP contribution in [0.1, 0.15) is 13.8 Å². The molecule has 0 unspecified atom stereocenters. The van der Waals surface area contributed by atoms with E-state index in [1.807, 2.05) is 0 Å². The van der Waals surface area contributed by atoms with Crippen LogP contribution in [-0.2, 0) is 4.79 Å². The van der Waals surface area contributed by atoms with Gasteiger partial charge in [0, 0.05) is 17.2 Å². The normalized spacial score (nSPS) is 11.0. The first kappa shape index (κ1) is 19.2. The maximum Gasteiger partial charge on any atom is 0.268 e. The predicted molar refractivity (Wildman–Crippen MR) is 99.3 cm³/mol. The number of hydrogen-bond donors (Lipinski definition) is 1. The Morgan fingerprint density at radius 3 is 2.16 bits per heavy atom. The first-order chi connectivity index (χ1) is 11.8. The molecule has 1 N–H and O–H groups in total. The first-order valence-corrected chi connectivity index (χ1v) is 8.20. The van der Waals surface area contributed by atoms with Gasteiger partial charge in [-0.3, -0.25) is 4.79 Å². The summed E-state index contributed by atoms with van der Waals surface area (Å²) in [7, 11) is 2.98. The summed E-state index contributed by atoms with van der Waals surface area (Å²) in [5.41, 5.74) is -0.701. The van der Waals surface area contributed by atoms with Gasteiger partial charge in [0.1, 0.15) is 17.2 Å². The van der Waals surface area contributed by atoms with Crippen LogP contribution in [0.3, 0.4) is 0 Å². The number of carbonyl (C=O) groups excluding carboxylic acids is 1. The van der Waals surface area contributed by atoms with E-state index in [-0.39, 0.29) is 5.91 Å². The van der Waals surface area contributed by atoms with Crippen molar-refractivity contribution in [1.29, 1.82) is 0 Å². The van der Waals surface area contributed by atoms with Crippen LogP contribution in [0.4, 0.5) is 5.69 Å². The van der Waals surface area contributed by atoms with Gasteiger partial charge in [0.2, 0.25) is 0 Å². The largest absolute Gasteiger partial charge is 0.495 e. The molecule has 0 fully saturated rings. The Kier molecular flexibility index (Phi) is 6.03.